The maximum Gasteiger partial charge on any atom is 0.233 e. The van der Waals surface area contributed by atoms with E-state index < -0.39 is 0 Å². The number of rotatable bonds is 2. The summed E-state index contributed by atoms with van der Waals surface area (Å²) >= 11 is 5.98. The van der Waals surface area contributed by atoms with E-state index in [-0.39, 0.29) is 23.4 Å². The molecule has 0 saturated carbocycles. The van der Waals surface area contributed by atoms with Gasteiger partial charge < -0.3 is 5.73 Å². The average molecular weight is 276 g/mol. The zero-order valence-corrected chi connectivity index (χ0v) is 10.6. The van der Waals surface area contributed by atoms with Gasteiger partial charge in [-0.05, 0) is 12.1 Å². The minimum Gasteiger partial charge on any atom is -0.368 e. The summed E-state index contributed by atoms with van der Waals surface area (Å²) in [5.74, 6) is 0.458. The lowest BCUT2D eigenvalue weighted by atomic mass is 10.3. The van der Waals surface area contributed by atoms with Gasteiger partial charge >= 0.3 is 0 Å². The first-order valence-electron chi connectivity index (χ1n) is 5.67. The zero-order chi connectivity index (χ0) is 13.4. The summed E-state index contributed by atoms with van der Waals surface area (Å²) in [6.07, 6.45) is 1.87. The first-order chi connectivity index (χ1) is 9.15. The largest absolute Gasteiger partial charge is 0.368 e. The fourth-order valence-electron chi connectivity index (χ4n) is 2.02. The van der Waals surface area contributed by atoms with Crippen molar-refractivity contribution in [2.24, 2.45) is 0 Å². The summed E-state index contributed by atoms with van der Waals surface area (Å²) < 4.78 is 0. The van der Waals surface area contributed by atoms with Crippen LogP contribution in [0.2, 0.25) is 5.15 Å². The number of anilines is 2. The molecule has 0 saturated heterocycles. The molecular formula is C12H10ClN5O. The first-order valence-corrected chi connectivity index (χ1v) is 6.05. The van der Waals surface area contributed by atoms with Crippen LogP contribution in [-0.4, -0.2) is 20.9 Å². The molecule has 1 aliphatic heterocycles. The van der Waals surface area contributed by atoms with Gasteiger partial charge in [-0.1, -0.05) is 17.7 Å². The van der Waals surface area contributed by atoms with Crippen molar-refractivity contribution in [1.29, 1.82) is 0 Å². The van der Waals surface area contributed by atoms with Crippen molar-refractivity contribution in [2.75, 3.05) is 10.6 Å². The van der Waals surface area contributed by atoms with E-state index >= 15 is 0 Å². The van der Waals surface area contributed by atoms with Gasteiger partial charge in [0.15, 0.2) is 0 Å². The summed E-state index contributed by atoms with van der Waals surface area (Å²) in [5, 5.41) is 0.236. The Hall–Kier alpha value is -2.21. The maximum absolute atomic E-state index is 12.0. The molecule has 19 heavy (non-hydrogen) atoms. The van der Waals surface area contributed by atoms with Crippen LogP contribution in [0.4, 0.5) is 11.8 Å². The third kappa shape index (κ3) is 2.10. The Balaban J connectivity index is 1.99. The van der Waals surface area contributed by atoms with Crippen molar-refractivity contribution in [3.63, 3.8) is 0 Å². The van der Waals surface area contributed by atoms with Gasteiger partial charge in [-0.15, -0.1) is 0 Å². The SMILES string of the molecule is Nc1nc(Cl)c2c(n1)N(Cc1ccccn1)C(=O)C2. The number of amides is 1. The van der Waals surface area contributed by atoms with Gasteiger partial charge in [0.05, 0.1) is 18.7 Å². The van der Waals surface area contributed by atoms with E-state index in [4.69, 9.17) is 17.3 Å². The van der Waals surface area contributed by atoms with Crippen LogP contribution < -0.4 is 10.6 Å². The number of carbonyl (C=O) groups excluding carboxylic acids is 1. The number of fused-ring (bicyclic) bond motifs is 1. The molecular weight excluding hydrogens is 266 g/mol. The fraction of sp³-hybridized carbons (Fsp3) is 0.167. The number of carbonyl (C=O) groups is 1. The number of nitrogens with two attached hydrogens (primary N) is 1. The normalized spacial score (nSPS) is 13.7. The third-order valence-electron chi connectivity index (χ3n) is 2.88. The molecule has 3 heterocycles. The van der Waals surface area contributed by atoms with Crippen LogP contribution in [0.25, 0.3) is 0 Å². The molecule has 1 aliphatic rings. The molecule has 0 unspecified atom stereocenters. The minimum absolute atomic E-state index is 0.0597. The predicted octanol–water partition coefficient (Wildman–Crippen LogP) is 1.20. The third-order valence-corrected chi connectivity index (χ3v) is 3.20. The summed E-state index contributed by atoms with van der Waals surface area (Å²) in [6, 6.07) is 5.53. The van der Waals surface area contributed by atoms with Gasteiger partial charge in [-0.3, -0.25) is 14.7 Å². The Labute approximate surface area is 114 Å². The first kappa shape index (κ1) is 11.9. The second-order valence-electron chi connectivity index (χ2n) is 4.15. The van der Waals surface area contributed by atoms with Gasteiger partial charge in [0.1, 0.15) is 11.0 Å². The monoisotopic (exact) mass is 275 g/mol. The molecule has 0 spiro atoms. The number of pyridine rings is 1. The Morgan fingerprint density at radius 2 is 2.21 bits per heavy atom. The highest BCUT2D eigenvalue weighted by Crippen LogP contribution is 2.32. The Kier molecular flexibility index (Phi) is 2.79. The lowest BCUT2D eigenvalue weighted by Gasteiger charge is -2.15. The molecule has 96 valence electrons. The van der Waals surface area contributed by atoms with Crippen LogP contribution in [-0.2, 0) is 17.8 Å². The molecule has 7 heteroatoms. The zero-order valence-electron chi connectivity index (χ0n) is 9.88. The molecule has 0 atom stereocenters. The lowest BCUT2D eigenvalue weighted by molar-refractivity contribution is -0.117. The van der Waals surface area contributed by atoms with Crippen molar-refractivity contribution < 1.29 is 4.79 Å². The van der Waals surface area contributed by atoms with Crippen LogP contribution in [0.1, 0.15) is 11.3 Å². The molecule has 6 nitrogen and oxygen atoms in total. The molecule has 0 fully saturated rings. The van der Waals surface area contributed by atoms with Crippen LogP contribution in [0, 0.1) is 0 Å². The van der Waals surface area contributed by atoms with Crippen molar-refractivity contribution >= 4 is 29.3 Å². The van der Waals surface area contributed by atoms with Gasteiger partial charge in [0.25, 0.3) is 0 Å². The molecule has 0 aliphatic carbocycles. The van der Waals surface area contributed by atoms with Crippen LogP contribution in [0.5, 0.6) is 0 Å². The van der Waals surface area contributed by atoms with Crippen molar-refractivity contribution in [3.8, 4) is 0 Å². The molecule has 2 aromatic rings. The standard InChI is InChI=1S/C12H10ClN5O/c13-10-8-5-9(19)18(11(8)17-12(14)16-10)6-7-3-1-2-4-15-7/h1-4H,5-6H2,(H2,14,16,17). The molecule has 1 amide bonds. The summed E-state index contributed by atoms with van der Waals surface area (Å²) in [5.41, 5.74) is 6.97. The van der Waals surface area contributed by atoms with Crippen molar-refractivity contribution in [2.45, 2.75) is 13.0 Å². The van der Waals surface area contributed by atoms with Gasteiger partial charge in [-0.25, -0.2) is 4.98 Å². The topological polar surface area (TPSA) is 85.0 Å². The van der Waals surface area contributed by atoms with E-state index in [0.717, 1.165) is 5.69 Å². The predicted molar refractivity (Wildman–Crippen MR) is 70.6 cm³/mol. The van der Waals surface area contributed by atoms with E-state index in [0.29, 0.717) is 17.9 Å². The van der Waals surface area contributed by atoms with Crippen LogP contribution >= 0.6 is 11.6 Å². The molecule has 2 aromatic heterocycles. The van der Waals surface area contributed by atoms with Crippen LogP contribution in [0.15, 0.2) is 24.4 Å². The van der Waals surface area contributed by atoms with E-state index in [1.807, 2.05) is 18.2 Å². The highest BCUT2D eigenvalue weighted by molar-refractivity contribution is 6.31. The van der Waals surface area contributed by atoms with E-state index in [2.05, 4.69) is 15.0 Å². The number of hydrogen-bond donors (Lipinski definition) is 1. The Morgan fingerprint density at radius 3 is 2.95 bits per heavy atom. The summed E-state index contributed by atoms with van der Waals surface area (Å²) in [6.45, 7) is 0.347. The van der Waals surface area contributed by atoms with Crippen molar-refractivity contribution in [1.82, 2.24) is 15.0 Å². The average Bonchev–Trinajstić information content (AvgIpc) is 2.69. The number of aromatic nitrogens is 3. The second kappa shape index (κ2) is 4.47. The molecule has 0 radical (unpaired) electrons. The van der Waals surface area contributed by atoms with E-state index in [1.165, 1.54) is 4.90 Å². The minimum atomic E-state index is -0.0811. The highest BCUT2D eigenvalue weighted by Gasteiger charge is 2.32. The maximum atomic E-state index is 12.0. The summed E-state index contributed by atoms with van der Waals surface area (Å²) in [7, 11) is 0. The van der Waals surface area contributed by atoms with E-state index in [1.54, 1.807) is 6.20 Å². The van der Waals surface area contributed by atoms with Gasteiger partial charge in [-0.2, -0.15) is 4.98 Å². The molecule has 0 bridgehead atoms. The highest BCUT2D eigenvalue weighted by atomic mass is 35.5. The van der Waals surface area contributed by atoms with Crippen LogP contribution in [0.3, 0.4) is 0 Å². The molecule has 0 aromatic carbocycles. The van der Waals surface area contributed by atoms with Crippen molar-refractivity contribution in [3.05, 3.63) is 40.8 Å². The number of nitrogen functional groups attached to an aromatic ring is 1. The Morgan fingerprint density at radius 1 is 1.37 bits per heavy atom. The molecule has 3 rings (SSSR count). The number of halogens is 1. The molecule has 2 N–H and O–H groups in total. The summed E-state index contributed by atoms with van der Waals surface area (Å²) in [4.78, 5) is 25.7. The number of nitrogens with zero attached hydrogens (tertiary/aromatic N) is 4. The second-order valence-corrected chi connectivity index (χ2v) is 4.51. The lowest BCUT2D eigenvalue weighted by Crippen LogP contribution is -2.27. The van der Waals surface area contributed by atoms with Gasteiger partial charge in [0, 0.05) is 11.8 Å². The Bertz CT molecular complexity index is 646. The number of hydrogen-bond acceptors (Lipinski definition) is 5. The van der Waals surface area contributed by atoms with Gasteiger partial charge in [0.2, 0.25) is 11.9 Å². The van der Waals surface area contributed by atoms with E-state index in [9.17, 15) is 4.79 Å². The smallest absolute Gasteiger partial charge is 0.233 e. The fourth-order valence-corrected chi connectivity index (χ4v) is 2.26. The quantitative estimate of drug-likeness (QED) is 0.832.